The fourth-order valence-electron chi connectivity index (χ4n) is 1.98. The van der Waals surface area contributed by atoms with Crippen LogP contribution in [0.5, 0.6) is 5.75 Å². The van der Waals surface area contributed by atoms with E-state index in [9.17, 15) is 0 Å². The van der Waals surface area contributed by atoms with Crippen LogP contribution in [0.3, 0.4) is 0 Å². The highest BCUT2D eigenvalue weighted by Gasteiger charge is 2.24. The summed E-state index contributed by atoms with van der Waals surface area (Å²) < 4.78 is 5.80. The molecule has 1 heterocycles. The molecule has 3 nitrogen and oxygen atoms in total. The minimum absolute atomic E-state index is 0.645. The quantitative estimate of drug-likeness (QED) is 0.853. The Bertz CT molecular complexity index is 614. The summed E-state index contributed by atoms with van der Waals surface area (Å²) in [7, 11) is 1.66. The average Bonchev–Trinajstić information content (AvgIpc) is 3.22. The Morgan fingerprint density at radius 2 is 2.00 bits per heavy atom. The molecule has 1 fully saturated rings. The standard InChI is InChI=1S/C14H14N2OS/c1-17-11-6-4-10(5-7-11)14-15-12(9-2-3-9)8-13(18)16-14/h4-9H,2-3H2,1H3,(H,15,16,18). The van der Waals surface area contributed by atoms with Gasteiger partial charge in [-0.15, -0.1) is 0 Å². The molecule has 1 N–H and O–H groups in total. The van der Waals surface area contributed by atoms with Crippen molar-refractivity contribution in [2.45, 2.75) is 18.8 Å². The third-order valence-corrected chi connectivity index (χ3v) is 3.35. The number of aromatic amines is 1. The van der Waals surface area contributed by atoms with Crippen molar-refractivity contribution in [3.8, 4) is 17.1 Å². The van der Waals surface area contributed by atoms with Crippen LogP contribution in [0.1, 0.15) is 24.5 Å². The van der Waals surface area contributed by atoms with Crippen LogP contribution in [0.4, 0.5) is 0 Å². The molecule has 1 saturated carbocycles. The third-order valence-electron chi connectivity index (χ3n) is 3.14. The summed E-state index contributed by atoms with van der Waals surface area (Å²) >= 11 is 5.23. The number of ether oxygens (including phenoxy) is 1. The van der Waals surface area contributed by atoms with Gasteiger partial charge in [0.05, 0.1) is 7.11 Å². The van der Waals surface area contributed by atoms with Crippen molar-refractivity contribution in [2.75, 3.05) is 7.11 Å². The van der Waals surface area contributed by atoms with E-state index in [0.717, 1.165) is 17.1 Å². The topological polar surface area (TPSA) is 37.9 Å². The molecule has 18 heavy (non-hydrogen) atoms. The summed E-state index contributed by atoms with van der Waals surface area (Å²) in [5, 5.41) is 0. The number of nitrogens with one attached hydrogen (secondary N) is 1. The Labute approximate surface area is 111 Å². The van der Waals surface area contributed by atoms with Gasteiger partial charge < -0.3 is 9.72 Å². The highest BCUT2D eigenvalue weighted by atomic mass is 32.1. The van der Waals surface area contributed by atoms with E-state index in [0.29, 0.717) is 10.6 Å². The van der Waals surface area contributed by atoms with Gasteiger partial charge in [0.25, 0.3) is 0 Å². The molecular formula is C14H14N2OS. The fourth-order valence-corrected chi connectivity index (χ4v) is 2.19. The minimum Gasteiger partial charge on any atom is -0.497 e. The van der Waals surface area contributed by atoms with E-state index in [1.807, 2.05) is 30.3 Å². The predicted molar refractivity (Wildman–Crippen MR) is 73.4 cm³/mol. The van der Waals surface area contributed by atoms with E-state index in [4.69, 9.17) is 17.0 Å². The molecule has 3 rings (SSSR count). The van der Waals surface area contributed by atoms with Gasteiger partial charge in [0.2, 0.25) is 0 Å². The van der Waals surface area contributed by atoms with Gasteiger partial charge in [-0.05, 0) is 49.1 Å². The number of hydrogen-bond donors (Lipinski definition) is 1. The van der Waals surface area contributed by atoms with Crippen molar-refractivity contribution in [1.82, 2.24) is 9.97 Å². The number of H-pyrrole nitrogens is 1. The van der Waals surface area contributed by atoms with Crippen LogP contribution in [0.25, 0.3) is 11.4 Å². The number of aromatic nitrogens is 2. The Morgan fingerprint density at radius 1 is 1.28 bits per heavy atom. The van der Waals surface area contributed by atoms with Crippen molar-refractivity contribution >= 4 is 12.2 Å². The lowest BCUT2D eigenvalue weighted by Crippen LogP contribution is -1.94. The van der Waals surface area contributed by atoms with Gasteiger partial charge in [-0.25, -0.2) is 4.98 Å². The first-order chi connectivity index (χ1) is 8.76. The zero-order valence-electron chi connectivity index (χ0n) is 10.1. The first-order valence-corrected chi connectivity index (χ1v) is 6.43. The smallest absolute Gasteiger partial charge is 0.139 e. The maximum Gasteiger partial charge on any atom is 0.139 e. The first kappa shape index (κ1) is 11.4. The summed E-state index contributed by atoms with van der Waals surface area (Å²) in [5.41, 5.74) is 2.24. The predicted octanol–water partition coefficient (Wildman–Crippen LogP) is 3.69. The lowest BCUT2D eigenvalue weighted by molar-refractivity contribution is 0.415. The summed E-state index contributed by atoms with van der Waals surface area (Å²) in [6.45, 7) is 0. The molecular weight excluding hydrogens is 244 g/mol. The van der Waals surface area contributed by atoms with Gasteiger partial charge in [0.15, 0.2) is 0 Å². The fraction of sp³-hybridized carbons (Fsp3) is 0.286. The number of hydrogen-bond acceptors (Lipinski definition) is 3. The summed E-state index contributed by atoms with van der Waals surface area (Å²) in [5.74, 6) is 2.33. The van der Waals surface area contributed by atoms with Crippen LogP contribution >= 0.6 is 12.2 Å². The maximum atomic E-state index is 5.23. The Morgan fingerprint density at radius 3 is 2.61 bits per heavy atom. The lowest BCUT2D eigenvalue weighted by atomic mass is 10.2. The van der Waals surface area contributed by atoms with Gasteiger partial charge in [-0.1, -0.05) is 12.2 Å². The molecule has 4 heteroatoms. The van der Waals surface area contributed by atoms with Crippen LogP contribution in [0.2, 0.25) is 0 Å². The summed E-state index contributed by atoms with van der Waals surface area (Å²) in [6.07, 6.45) is 2.49. The molecule has 0 atom stereocenters. The minimum atomic E-state index is 0.645. The second kappa shape index (κ2) is 4.53. The Kier molecular flexibility index (Phi) is 2.88. The third kappa shape index (κ3) is 2.29. The molecule has 1 aliphatic rings. The van der Waals surface area contributed by atoms with Crippen LogP contribution in [-0.2, 0) is 0 Å². The average molecular weight is 258 g/mol. The zero-order chi connectivity index (χ0) is 12.5. The molecule has 0 aliphatic heterocycles. The van der Waals surface area contributed by atoms with Crippen molar-refractivity contribution in [3.05, 3.63) is 40.7 Å². The number of benzene rings is 1. The van der Waals surface area contributed by atoms with Crippen molar-refractivity contribution < 1.29 is 4.74 Å². The van der Waals surface area contributed by atoms with E-state index in [1.54, 1.807) is 7.11 Å². The SMILES string of the molecule is COc1ccc(-c2nc(=S)cc(C3CC3)[nH]2)cc1. The van der Waals surface area contributed by atoms with Crippen LogP contribution < -0.4 is 4.74 Å². The molecule has 0 bridgehead atoms. The van der Waals surface area contributed by atoms with Crippen LogP contribution in [0.15, 0.2) is 30.3 Å². The first-order valence-electron chi connectivity index (χ1n) is 6.02. The Balaban J connectivity index is 2.01. The number of rotatable bonds is 3. The highest BCUT2D eigenvalue weighted by molar-refractivity contribution is 7.71. The van der Waals surface area contributed by atoms with Gasteiger partial charge >= 0.3 is 0 Å². The molecule has 0 amide bonds. The number of methoxy groups -OCH3 is 1. The molecule has 0 saturated heterocycles. The van der Waals surface area contributed by atoms with E-state index in [1.165, 1.54) is 18.5 Å². The van der Waals surface area contributed by atoms with Crippen molar-refractivity contribution in [1.29, 1.82) is 0 Å². The van der Waals surface area contributed by atoms with Crippen molar-refractivity contribution in [3.63, 3.8) is 0 Å². The second-order valence-electron chi connectivity index (χ2n) is 4.53. The lowest BCUT2D eigenvalue weighted by Gasteiger charge is -2.06. The molecule has 0 unspecified atom stereocenters. The normalized spacial score (nSPS) is 14.5. The summed E-state index contributed by atoms with van der Waals surface area (Å²) in [4.78, 5) is 7.77. The molecule has 0 spiro atoms. The second-order valence-corrected chi connectivity index (χ2v) is 4.94. The van der Waals surface area contributed by atoms with Gasteiger partial charge in [-0.2, -0.15) is 0 Å². The van der Waals surface area contributed by atoms with Gasteiger partial charge in [0, 0.05) is 11.3 Å². The molecule has 1 aliphatic carbocycles. The highest BCUT2D eigenvalue weighted by Crippen LogP contribution is 2.39. The van der Waals surface area contributed by atoms with Crippen molar-refractivity contribution in [2.24, 2.45) is 0 Å². The zero-order valence-corrected chi connectivity index (χ0v) is 11.0. The Hall–Kier alpha value is -1.68. The maximum absolute atomic E-state index is 5.23. The van der Waals surface area contributed by atoms with E-state index >= 15 is 0 Å². The van der Waals surface area contributed by atoms with Crippen LogP contribution in [-0.4, -0.2) is 17.1 Å². The van der Waals surface area contributed by atoms with E-state index in [2.05, 4.69) is 9.97 Å². The molecule has 1 aromatic carbocycles. The van der Waals surface area contributed by atoms with Gasteiger partial charge in [0.1, 0.15) is 16.2 Å². The van der Waals surface area contributed by atoms with Gasteiger partial charge in [-0.3, -0.25) is 0 Å². The molecule has 0 radical (unpaired) electrons. The molecule has 1 aromatic heterocycles. The molecule has 2 aromatic rings. The van der Waals surface area contributed by atoms with E-state index < -0.39 is 0 Å². The van der Waals surface area contributed by atoms with E-state index in [-0.39, 0.29) is 0 Å². The largest absolute Gasteiger partial charge is 0.497 e. The molecule has 92 valence electrons. The summed E-state index contributed by atoms with van der Waals surface area (Å²) in [6, 6.07) is 9.81. The monoisotopic (exact) mass is 258 g/mol. The van der Waals surface area contributed by atoms with Crippen LogP contribution in [0, 0.1) is 4.64 Å². The number of nitrogens with zero attached hydrogens (tertiary/aromatic N) is 1.